The molecule has 2 nitrogen and oxygen atoms in total. The normalized spacial score (nSPS) is 10.7. The van der Waals surface area contributed by atoms with Gasteiger partial charge in [-0.05, 0) is 26.0 Å². The number of hydrogen-bond donors (Lipinski definition) is 0. The molecule has 2 heterocycles. The molecule has 0 saturated carbocycles. The summed E-state index contributed by atoms with van der Waals surface area (Å²) in [6, 6.07) is 5.93. The molecule has 0 amide bonds. The summed E-state index contributed by atoms with van der Waals surface area (Å²) in [5.74, 6) is 0. The van der Waals surface area contributed by atoms with Crippen LogP contribution in [0.3, 0.4) is 0 Å². The van der Waals surface area contributed by atoms with Crippen molar-refractivity contribution in [3.8, 4) is 0 Å². The van der Waals surface area contributed by atoms with Gasteiger partial charge >= 0.3 is 0 Å². The number of imidazole rings is 1. The third kappa shape index (κ3) is 0.827. The quantitative estimate of drug-likeness (QED) is 0.552. The van der Waals surface area contributed by atoms with Crippen molar-refractivity contribution in [3.05, 3.63) is 42.7 Å². The van der Waals surface area contributed by atoms with Gasteiger partial charge < -0.3 is 4.40 Å². The Kier molecular flexibility index (Phi) is 1.22. The van der Waals surface area contributed by atoms with Crippen molar-refractivity contribution in [1.82, 2.24) is 9.38 Å². The monoisotopic (exact) mass is 145 g/mol. The Balaban J connectivity index is 2.92. The van der Waals surface area contributed by atoms with Crippen LogP contribution in [0.4, 0.5) is 0 Å². The van der Waals surface area contributed by atoms with Gasteiger partial charge in [0, 0.05) is 11.9 Å². The highest BCUT2D eigenvalue weighted by molar-refractivity contribution is 5.43. The van der Waals surface area contributed by atoms with Crippen LogP contribution in [0.25, 0.3) is 5.65 Å². The fourth-order valence-electron chi connectivity index (χ4n) is 1.17. The van der Waals surface area contributed by atoms with Gasteiger partial charge in [-0.15, -0.1) is 0 Å². The van der Waals surface area contributed by atoms with Crippen molar-refractivity contribution in [2.45, 2.75) is 6.92 Å². The number of aromatic nitrogens is 2. The molecule has 11 heavy (non-hydrogen) atoms. The Morgan fingerprint density at radius 3 is 3.00 bits per heavy atom. The first-order valence-corrected chi connectivity index (χ1v) is 3.54. The Labute approximate surface area is 65.5 Å². The van der Waals surface area contributed by atoms with E-state index in [1.165, 1.54) is 0 Å². The average Bonchev–Trinajstić information content (AvgIpc) is 2.30. The molecule has 2 aromatic rings. The molecule has 0 aliphatic heterocycles. The maximum atomic E-state index is 4.26. The lowest BCUT2D eigenvalue weighted by Gasteiger charge is -1.92. The van der Waals surface area contributed by atoms with Gasteiger partial charge in [-0.2, -0.15) is 0 Å². The SMILES string of the molecule is [CH2]c1nc2ccccn2c1C. The van der Waals surface area contributed by atoms with Crippen LogP contribution in [-0.4, -0.2) is 9.38 Å². The second-order valence-electron chi connectivity index (χ2n) is 2.57. The van der Waals surface area contributed by atoms with E-state index >= 15 is 0 Å². The Hall–Kier alpha value is -1.31. The van der Waals surface area contributed by atoms with Gasteiger partial charge in [-0.1, -0.05) is 6.07 Å². The lowest BCUT2D eigenvalue weighted by atomic mass is 10.4. The smallest absolute Gasteiger partial charge is 0.137 e. The highest BCUT2D eigenvalue weighted by Crippen LogP contribution is 2.08. The molecule has 2 rings (SSSR count). The van der Waals surface area contributed by atoms with E-state index in [1.807, 2.05) is 35.7 Å². The van der Waals surface area contributed by atoms with Gasteiger partial charge in [0.05, 0.1) is 5.69 Å². The van der Waals surface area contributed by atoms with Crippen molar-refractivity contribution >= 4 is 5.65 Å². The summed E-state index contributed by atoms with van der Waals surface area (Å²) in [5, 5.41) is 0. The molecule has 0 aromatic carbocycles. The van der Waals surface area contributed by atoms with Gasteiger partial charge in [0.25, 0.3) is 0 Å². The highest BCUT2D eigenvalue weighted by atomic mass is 15.0. The number of pyridine rings is 1. The van der Waals surface area contributed by atoms with Crippen LogP contribution in [0.15, 0.2) is 24.4 Å². The van der Waals surface area contributed by atoms with Crippen molar-refractivity contribution < 1.29 is 0 Å². The van der Waals surface area contributed by atoms with Crippen molar-refractivity contribution in [2.75, 3.05) is 0 Å². The fourth-order valence-corrected chi connectivity index (χ4v) is 1.17. The third-order valence-corrected chi connectivity index (χ3v) is 1.87. The molecule has 0 unspecified atom stereocenters. The minimum atomic E-state index is 0.858. The van der Waals surface area contributed by atoms with E-state index in [0.717, 1.165) is 17.0 Å². The topological polar surface area (TPSA) is 17.3 Å². The van der Waals surface area contributed by atoms with Crippen molar-refractivity contribution in [1.29, 1.82) is 0 Å². The van der Waals surface area contributed by atoms with Gasteiger partial charge in [0.1, 0.15) is 5.65 Å². The summed E-state index contributed by atoms with van der Waals surface area (Å²) in [6.45, 7) is 5.84. The van der Waals surface area contributed by atoms with E-state index in [1.54, 1.807) is 0 Å². The van der Waals surface area contributed by atoms with E-state index in [-0.39, 0.29) is 0 Å². The van der Waals surface area contributed by atoms with E-state index < -0.39 is 0 Å². The van der Waals surface area contributed by atoms with Crippen LogP contribution >= 0.6 is 0 Å². The number of nitrogens with zero attached hydrogens (tertiary/aromatic N) is 2. The number of hydrogen-bond acceptors (Lipinski definition) is 1. The Morgan fingerprint density at radius 2 is 2.27 bits per heavy atom. The number of aryl methyl sites for hydroxylation is 1. The van der Waals surface area contributed by atoms with E-state index in [4.69, 9.17) is 0 Å². The van der Waals surface area contributed by atoms with Crippen molar-refractivity contribution in [2.24, 2.45) is 0 Å². The summed E-state index contributed by atoms with van der Waals surface area (Å²) in [5.41, 5.74) is 2.94. The molecule has 0 aliphatic rings. The van der Waals surface area contributed by atoms with Crippen LogP contribution in [0, 0.1) is 13.8 Å². The zero-order chi connectivity index (χ0) is 7.84. The first-order valence-electron chi connectivity index (χ1n) is 3.54. The minimum Gasteiger partial charge on any atom is -0.304 e. The van der Waals surface area contributed by atoms with Crippen LogP contribution in [-0.2, 0) is 0 Å². The molecular formula is C9H9N2. The standard InChI is InChI=1S/C9H9N2/c1-7-8(2)11-6-4-3-5-9(11)10-7/h3-6H,1H2,2H3. The lowest BCUT2D eigenvalue weighted by molar-refractivity contribution is 1.10. The van der Waals surface area contributed by atoms with Gasteiger partial charge in [-0.3, -0.25) is 0 Å². The summed E-state index contributed by atoms with van der Waals surface area (Å²) >= 11 is 0. The zero-order valence-electron chi connectivity index (χ0n) is 6.41. The third-order valence-electron chi connectivity index (χ3n) is 1.87. The second-order valence-corrected chi connectivity index (χ2v) is 2.57. The molecule has 0 atom stereocenters. The first-order chi connectivity index (χ1) is 5.29. The zero-order valence-corrected chi connectivity index (χ0v) is 6.41. The fraction of sp³-hybridized carbons (Fsp3) is 0.111. The molecule has 1 radical (unpaired) electrons. The maximum Gasteiger partial charge on any atom is 0.137 e. The molecule has 55 valence electrons. The summed E-state index contributed by atoms with van der Waals surface area (Å²) in [6.07, 6.45) is 1.99. The van der Waals surface area contributed by atoms with Crippen molar-refractivity contribution in [3.63, 3.8) is 0 Å². The maximum absolute atomic E-state index is 4.26. The van der Waals surface area contributed by atoms with Gasteiger partial charge in [-0.25, -0.2) is 4.98 Å². The molecule has 0 spiro atoms. The predicted molar refractivity (Wildman–Crippen MR) is 44.4 cm³/mol. The van der Waals surface area contributed by atoms with Crippen LogP contribution < -0.4 is 0 Å². The van der Waals surface area contributed by atoms with E-state index in [0.29, 0.717) is 0 Å². The van der Waals surface area contributed by atoms with Gasteiger partial charge in [0.15, 0.2) is 0 Å². The summed E-state index contributed by atoms with van der Waals surface area (Å²) in [7, 11) is 0. The average molecular weight is 145 g/mol. The summed E-state index contributed by atoms with van der Waals surface area (Å²) in [4.78, 5) is 4.26. The molecule has 0 saturated heterocycles. The first kappa shape index (κ1) is 6.40. The lowest BCUT2D eigenvalue weighted by Crippen LogP contribution is -1.84. The summed E-state index contributed by atoms with van der Waals surface area (Å²) < 4.78 is 2.03. The van der Waals surface area contributed by atoms with Crippen LogP contribution in [0.5, 0.6) is 0 Å². The molecule has 2 heteroatoms. The molecule has 0 N–H and O–H groups in total. The molecule has 0 aliphatic carbocycles. The molecule has 0 bridgehead atoms. The Bertz CT molecular complexity index is 387. The largest absolute Gasteiger partial charge is 0.304 e. The predicted octanol–water partition coefficient (Wildman–Crippen LogP) is 1.82. The second kappa shape index (κ2) is 2.09. The number of fused-ring (bicyclic) bond motifs is 1. The highest BCUT2D eigenvalue weighted by Gasteiger charge is 2.00. The van der Waals surface area contributed by atoms with Gasteiger partial charge in [0.2, 0.25) is 0 Å². The van der Waals surface area contributed by atoms with Crippen LogP contribution in [0.1, 0.15) is 11.4 Å². The minimum absolute atomic E-state index is 0.858. The molecule has 0 fully saturated rings. The number of rotatable bonds is 0. The Morgan fingerprint density at radius 1 is 1.45 bits per heavy atom. The van der Waals surface area contributed by atoms with E-state index in [9.17, 15) is 0 Å². The molecular weight excluding hydrogens is 136 g/mol. The van der Waals surface area contributed by atoms with E-state index in [2.05, 4.69) is 11.9 Å². The van der Waals surface area contributed by atoms with Crippen LogP contribution in [0.2, 0.25) is 0 Å². The molecule has 2 aromatic heterocycles.